The van der Waals surface area contributed by atoms with E-state index in [-0.39, 0.29) is 5.91 Å². The van der Waals surface area contributed by atoms with Gasteiger partial charge in [-0.3, -0.25) is 9.59 Å². The number of nitrogens with two attached hydrogens (primary N) is 1. The van der Waals surface area contributed by atoms with Crippen LogP contribution in [0.25, 0.3) is 0 Å². The number of benzene rings is 2. The number of rotatable bonds is 9. The molecular weight excluding hydrogens is 426 g/mol. The number of hydrogen-bond acceptors (Lipinski definition) is 4. The maximum absolute atomic E-state index is 13.0. The van der Waals surface area contributed by atoms with Crippen molar-refractivity contribution >= 4 is 11.8 Å². The molecule has 6 nitrogen and oxygen atoms in total. The summed E-state index contributed by atoms with van der Waals surface area (Å²) in [6, 6.07) is 18.7. The van der Waals surface area contributed by atoms with Gasteiger partial charge in [0.05, 0.1) is 0 Å². The van der Waals surface area contributed by atoms with Gasteiger partial charge in [0.15, 0.2) is 0 Å². The largest absolute Gasteiger partial charge is 0.381 e. The van der Waals surface area contributed by atoms with Crippen LogP contribution in [0.4, 0.5) is 0 Å². The quantitative estimate of drug-likeness (QED) is 0.530. The molecule has 0 saturated carbocycles. The van der Waals surface area contributed by atoms with Crippen LogP contribution in [0.2, 0.25) is 0 Å². The molecule has 0 spiro atoms. The average molecular weight is 464 g/mol. The highest BCUT2D eigenvalue weighted by molar-refractivity contribution is 5.92. The van der Waals surface area contributed by atoms with Gasteiger partial charge in [0.2, 0.25) is 5.91 Å². The fourth-order valence-electron chi connectivity index (χ4n) is 5.80. The molecule has 4 unspecified atom stereocenters. The second kappa shape index (κ2) is 10.3. The summed E-state index contributed by atoms with van der Waals surface area (Å²) in [7, 11) is 0. The molecule has 6 heteroatoms. The van der Waals surface area contributed by atoms with E-state index in [0.29, 0.717) is 42.6 Å². The SMILES string of the molecule is CC(C)(O)C(=O)N(CCCC1C2CCC(CC1c1cccc(C(N)=O)c1)N2)Cc1ccccc1. The van der Waals surface area contributed by atoms with E-state index in [1.807, 2.05) is 42.5 Å². The topological polar surface area (TPSA) is 95.7 Å². The predicted molar refractivity (Wildman–Crippen MR) is 133 cm³/mol. The highest BCUT2D eigenvalue weighted by Crippen LogP contribution is 2.44. The fourth-order valence-corrected chi connectivity index (χ4v) is 5.80. The van der Waals surface area contributed by atoms with Crippen molar-refractivity contribution in [1.82, 2.24) is 10.2 Å². The lowest BCUT2D eigenvalue weighted by atomic mass is 9.74. The number of primary amides is 1. The highest BCUT2D eigenvalue weighted by atomic mass is 16.3. The number of carbonyl (C=O) groups is 2. The van der Waals surface area contributed by atoms with E-state index in [2.05, 4.69) is 11.4 Å². The minimum atomic E-state index is -1.41. The van der Waals surface area contributed by atoms with Crippen molar-refractivity contribution in [3.05, 3.63) is 71.3 Å². The maximum atomic E-state index is 13.0. The molecule has 2 bridgehead atoms. The number of aliphatic hydroxyl groups is 1. The summed E-state index contributed by atoms with van der Waals surface area (Å²) in [6.45, 7) is 4.19. The normalized spacial score (nSPS) is 24.1. The Morgan fingerprint density at radius 1 is 1.12 bits per heavy atom. The van der Waals surface area contributed by atoms with Crippen molar-refractivity contribution in [1.29, 1.82) is 0 Å². The zero-order chi connectivity index (χ0) is 24.3. The number of hydrogen-bond donors (Lipinski definition) is 3. The van der Waals surface area contributed by atoms with E-state index in [4.69, 9.17) is 5.73 Å². The Balaban J connectivity index is 1.48. The molecule has 0 aromatic heterocycles. The van der Waals surface area contributed by atoms with Gasteiger partial charge in [-0.05, 0) is 81.0 Å². The molecule has 182 valence electrons. The number of piperidine rings is 1. The van der Waals surface area contributed by atoms with Gasteiger partial charge in [-0.2, -0.15) is 0 Å². The Bertz CT molecular complexity index is 1000. The second-order valence-electron chi connectivity index (χ2n) is 10.5. The number of nitrogens with one attached hydrogen (secondary N) is 1. The minimum Gasteiger partial charge on any atom is -0.381 e. The molecule has 4 atom stereocenters. The first-order valence-electron chi connectivity index (χ1n) is 12.4. The monoisotopic (exact) mass is 463 g/mol. The number of carbonyl (C=O) groups excluding carboxylic acids is 2. The Labute approximate surface area is 202 Å². The summed E-state index contributed by atoms with van der Waals surface area (Å²) in [5.41, 5.74) is 6.94. The summed E-state index contributed by atoms with van der Waals surface area (Å²) in [6.07, 6.45) is 5.23. The van der Waals surface area contributed by atoms with Crippen LogP contribution in [0.5, 0.6) is 0 Å². The lowest BCUT2D eigenvalue weighted by molar-refractivity contribution is -0.148. The third kappa shape index (κ3) is 5.68. The molecule has 0 aliphatic carbocycles. The predicted octanol–water partition coefficient (Wildman–Crippen LogP) is 3.59. The van der Waals surface area contributed by atoms with Crippen molar-refractivity contribution in [2.75, 3.05) is 6.54 Å². The molecule has 2 saturated heterocycles. The number of fused-ring (bicyclic) bond motifs is 2. The maximum Gasteiger partial charge on any atom is 0.254 e. The van der Waals surface area contributed by atoms with Crippen LogP contribution in [0, 0.1) is 5.92 Å². The van der Waals surface area contributed by atoms with E-state index in [9.17, 15) is 14.7 Å². The average Bonchev–Trinajstić information content (AvgIpc) is 3.21. The van der Waals surface area contributed by atoms with Gasteiger partial charge in [-0.25, -0.2) is 0 Å². The molecule has 2 heterocycles. The van der Waals surface area contributed by atoms with Crippen molar-refractivity contribution in [3.63, 3.8) is 0 Å². The molecule has 2 aliphatic heterocycles. The minimum absolute atomic E-state index is 0.246. The fraction of sp³-hybridized carbons (Fsp3) is 0.500. The highest BCUT2D eigenvalue weighted by Gasteiger charge is 2.42. The second-order valence-corrected chi connectivity index (χ2v) is 10.5. The van der Waals surface area contributed by atoms with Crippen LogP contribution in [0.1, 0.15) is 73.4 Å². The van der Waals surface area contributed by atoms with E-state index < -0.39 is 11.5 Å². The van der Waals surface area contributed by atoms with Gasteiger partial charge in [-0.1, -0.05) is 42.5 Å². The Morgan fingerprint density at radius 3 is 2.59 bits per heavy atom. The molecule has 0 radical (unpaired) electrons. The molecule has 34 heavy (non-hydrogen) atoms. The lowest BCUT2D eigenvalue weighted by Crippen LogP contribution is -2.46. The standard InChI is InChI=1S/C28H37N3O3/c1-28(2,34)27(33)31(18-19-8-4-3-5-9-19)15-7-12-23-24(17-22-13-14-25(23)30-22)20-10-6-11-21(16-20)26(29)32/h3-6,8-11,16,22-25,30,34H,7,12-15,17-18H2,1-2H3,(H2,29,32). The first-order valence-corrected chi connectivity index (χ1v) is 12.4. The van der Waals surface area contributed by atoms with Crippen molar-refractivity contribution in [2.24, 2.45) is 11.7 Å². The summed E-state index contributed by atoms with van der Waals surface area (Å²) >= 11 is 0. The summed E-state index contributed by atoms with van der Waals surface area (Å²) in [5.74, 6) is 0.157. The van der Waals surface area contributed by atoms with Crippen LogP contribution in [-0.4, -0.2) is 46.1 Å². The van der Waals surface area contributed by atoms with Gasteiger partial charge < -0.3 is 21.1 Å². The van der Waals surface area contributed by atoms with Crippen LogP contribution in [0.15, 0.2) is 54.6 Å². The van der Waals surface area contributed by atoms with E-state index >= 15 is 0 Å². The van der Waals surface area contributed by atoms with Gasteiger partial charge >= 0.3 is 0 Å². The third-order valence-electron chi connectivity index (χ3n) is 7.44. The summed E-state index contributed by atoms with van der Waals surface area (Å²) < 4.78 is 0. The summed E-state index contributed by atoms with van der Waals surface area (Å²) in [5, 5.41) is 14.2. The zero-order valence-corrected chi connectivity index (χ0v) is 20.2. The first-order chi connectivity index (χ1) is 16.2. The van der Waals surface area contributed by atoms with Crippen molar-refractivity contribution in [3.8, 4) is 0 Å². The Kier molecular flexibility index (Phi) is 7.39. The first kappa shape index (κ1) is 24.4. The van der Waals surface area contributed by atoms with E-state index in [0.717, 1.165) is 31.2 Å². The number of amides is 2. The molecular formula is C28H37N3O3. The van der Waals surface area contributed by atoms with Crippen LogP contribution in [0.3, 0.4) is 0 Å². The Hall–Kier alpha value is -2.70. The molecule has 2 aromatic rings. The van der Waals surface area contributed by atoms with E-state index in [1.54, 1.807) is 24.8 Å². The molecule has 2 aromatic carbocycles. The number of nitrogens with zero attached hydrogens (tertiary/aromatic N) is 1. The van der Waals surface area contributed by atoms with Crippen LogP contribution in [-0.2, 0) is 11.3 Å². The van der Waals surface area contributed by atoms with Crippen molar-refractivity contribution < 1.29 is 14.7 Å². The van der Waals surface area contributed by atoms with Crippen LogP contribution >= 0.6 is 0 Å². The zero-order valence-electron chi connectivity index (χ0n) is 20.2. The van der Waals surface area contributed by atoms with E-state index in [1.165, 1.54) is 12.0 Å². The van der Waals surface area contributed by atoms with Crippen LogP contribution < -0.4 is 11.1 Å². The molecule has 4 N–H and O–H groups in total. The summed E-state index contributed by atoms with van der Waals surface area (Å²) in [4.78, 5) is 26.5. The van der Waals surface area contributed by atoms with Gasteiger partial charge in [-0.15, -0.1) is 0 Å². The lowest BCUT2D eigenvalue weighted by Gasteiger charge is -2.39. The van der Waals surface area contributed by atoms with Gasteiger partial charge in [0, 0.05) is 30.7 Å². The smallest absolute Gasteiger partial charge is 0.254 e. The third-order valence-corrected chi connectivity index (χ3v) is 7.44. The molecule has 2 amide bonds. The van der Waals surface area contributed by atoms with Gasteiger partial charge in [0.1, 0.15) is 5.60 Å². The Morgan fingerprint density at radius 2 is 1.88 bits per heavy atom. The van der Waals surface area contributed by atoms with Crippen molar-refractivity contribution in [2.45, 2.75) is 76.1 Å². The molecule has 2 aliphatic rings. The molecule has 4 rings (SSSR count). The molecule has 2 fully saturated rings. The van der Waals surface area contributed by atoms with Gasteiger partial charge in [0.25, 0.3) is 5.91 Å².